The minimum absolute atomic E-state index is 0.138. The highest BCUT2D eigenvalue weighted by atomic mass is 79.9. The fraction of sp³-hybridized carbons (Fsp3) is 0.364. The van der Waals surface area contributed by atoms with E-state index in [2.05, 4.69) is 21.2 Å². The topological polar surface area (TPSA) is 58.4 Å². The number of rotatable bonds is 4. The number of carbonyl (C=O) groups is 1. The molecule has 0 saturated heterocycles. The zero-order valence-electron chi connectivity index (χ0n) is 9.46. The molecule has 0 atom stereocenters. The molecule has 4 nitrogen and oxygen atoms in total. The molecule has 0 unspecified atom stereocenters. The summed E-state index contributed by atoms with van der Waals surface area (Å²) in [6.45, 7) is 1.41. The van der Waals surface area contributed by atoms with Crippen molar-refractivity contribution in [3.63, 3.8) is 0 Å². The Kier molecular flexibility index (Phi) is 4.76. The number of nitrogens with one attached hydrogen (secondary N) is 1. The van der Waals surface area contributed by atoms with E-state index in [-0.39, 0.29) is 5.91 Å². The maximum atomic E-state index is 11.8. The normalized spacial score (nSPS) is 10.5. The van der Waals surface area contributed by atoms with Crippen molar-refractivity contribution in [3.05, 3.63) is 28.2 Å². The Labute approximate surface area is 104 Å². The van der Waals surface area contributed by atoms with Gasteiger partial charge in [-0.15, -0.1) is 0 Å². The molecule has 0 saturated carbocycles. The molecule has 0 aliphatic rings. The van der Waals surface area contributed by atoms with Gasteiger partial charge >= 0.3 is 0 Å². The summed E-state index contributed by atoms with van der Waals surface area (Å²) in [7, 11) is 3.92. The summed E-state index contributed by atoms with van der Waals surface area (Å²) >= 11 is 3.31. The zero-order valence-corrected chi connectivity index (χ0v) is 11.0. The number of nitrogen functional groups attached to an aromatic ring is 1. The van der Waals surface area contributed by atoms with E-state index in [9.17, 15) is 4.79 Å². The van der Waals surface area contributed by atoms with Crippen molar-refractivity contribution in [3.8, 4) is 0 Å². The molecule has 0 heterocycles. The van der Waals surface area contributed by atoms with E-state index >= 15 is 0 Å². The molecule has 1 aromatic rings. The Morgan fingerprint density at radius 2 is 2.19 bits per heavy atom. The van der Waals surface area contributed by atoms with E-state index in [1.54, 1.807) is 12.1 Å². The minimum atomic E-state index is -0.138. The maximum Gasteiger partial charge on any atom is 0.253 e. The van der Waals surface area contributed by atoms with Crippen LogP contribution in [-0.4, -0.2) is 38.0 Å². The summed E-state index contributed by atoms with van der Waals surface area (Å²) in [5.74, 6) is -0.138. The van der Waals surface area contributed by atoms with Crippen molar-refractivity contribution in [2.24, 2.45) is 0 Å². The first-order valence-electron chi connectivity index (χ1n) is 4.98. The van der Waals surface area contributed by atoms with Crippen LogP contribution in [0.15, 0.2) is 22.7 Å². The summed E-state index contributed by atoms with van der Waals surface area (Å²) in [6.07, 6.45) is 0. The van der Waals surface area contributed by atoms with Crippen LogP contribution < -0.4 is 11.1 Å². The average Bonchev–Trinajstić information content (AvgIpc) is 2.21. The van der Waals surface area contributed by atoms with Crippen molar-refractivity contribution in [2.75, 3.05) is 32.9 Å². The van der Waals surface area contributed by atoms with Crippen LogP contribution in [0.5, 0.6) is 0 Å². The second-order valence-corrected chi connectivity index (χ2v) is 4.71. The highest BCUT2D eigenvalue weighted by Crippen LogP contribution is 2.18. The van der Waals surface area contributed by atoms with Gasteiger partial charge < -0.3 is 16.0 Å². The second-order valence-electron chi connectivity index (χ2n) is 3.79. The number of hydrogen-bond acceptors (Lipinski definition) is 3. The van der Waals surface area contributed by atoms with E-state index in [4.69, 9.17) is 5.73 Å². The van der Waals surface area contributed by atoms with Crippen LogP contribution in [-0.2, 0) is 0 Å². The molecule has 0 fully saturated rings. The third kappa shape index (κ3) is 3.83. The largest absolute Gasteiger partial charge is 0.398 e. The van der Waals surface area contributed by atoms with Gasteiger partial charge in [0.15, 0.2) is 0 Å². The van der Waals surface area contributed by atoms with Crippen molar-refractivity contribution in [1.29, 1.82) is 0 Å². The van der Waals surface area contributed by atoms with Gasteiger partial charge in [-0.3, -0.25) is 4.79 Å². The van der Waals surface area contributed by atoms with Crippen LogP contribution in [0, 0.1) is 0 Å². The fourth-order valence-electron chi connectivity index (χ4n) is 1.21. The third-order valence-electron chi connectivity index (χ3n) is 2.10. The molecule has 0 spiro atoms. The molecule has 0 aromatic heterocycles. The molecule has 1 aromatic carbocycles. The smallest absolute Gasteiger partial charge is 0.253 e. The fourth-order valence-corrected chi connectivity index (χ4v) is 1.57. The summed E-state index contributed by atoms with van der Waals surface area (Å²) < 4.78 is 0.847. The second kappa shape index (κ2) is 5.86. The Morgan fingerprint density at radius 1 is 1.50 bits per heavy atom. The van der Waals surface area contributed by atoms with Crippen LogP contribution in [0.2, 0.25) is 0 Å². The van der Waals surface area contributed by atoms with Gasteiger partial charge in [0.2, 0.25) is 0 Å². The molecule has 0 radical (unpaired) electrons. The first-order valence-corrected chi connectivity index (χ1v) is 5.78. The molecular weight excluding hydrogens is 270 g/mol. The quantitative estimate of drug-likeness (QED) is 0.821. The zero-order chi connectivity index (χ0) is 12.1. The van der Waals surface area contributed by atoms with Crippen LogP contribution in [0.4, 0.5) is 5.69 Å². The Hall–Kier alpha value is -1.07. The molecule has 3 N–H and O–H groups in total. The molecule has 0 bridgehead atoms. The summed E-state index contributed by atoms with van der Waals surface area (Å²) in [5.41, 5.74) is 6.73. The van der Waals surface area contributed by atoms with Gasteiger partial charge in [-0.05, 0) is 32.3 Å². The highest BCUT2D eigenvalue weighted by Gasteiger charge is 2.09. The van der Waals surface area contributed by atoms with Crippen LogP contribution in [0.1, 0.15) is 10.4 Å². The number of likely N-dealkylation sites (N-methyl/N-ethyl adjacent to an activating group) is 1. The number of hydrogen-bond donors (Lipinski definition) is 2. The summed E-state index contributed by atoms with van der Waals surface area (Å²) in [4.78, 5) is 13.8. The van der Waals surface area contributed by atoms with Crippen molar-refractivity contribution in [2.45, 2.75) is 0 Å². The Morgan fingerprint density at radius 3 is 2.81 bits per heavy atom. The van der Waals surface area contributed by atoms with E-state index in [0.29, 0.717) is 17.8 Å². The number of carbonyl (C=O) groups excluding carboxylic acids is 1. The Balaban J connectivity index is 2.62. The van der Waals surface area contributed by atoms with E-state index in [1.807, 2.05) is 25.1 Å². The lowest BCUT2D eigenvalue weighted by Gasteiger charge is -2.11. The van der Waals surface area contributed by atoms with Gasteiger partial charge in [0.1, 0.15) is 0 Å². The van der Waals surface area contributed by atoms with Gasteiger partial charge in [0.05, 0.1) is 5.56 Å². The lowest BCUT2D eigenvalue weighted by atomic mass is 10.1. The molecule has 0 aliphatic carbocycles. The number of amides is 1. The Bertz CT molecular complexity index is 379. The van der Waals surface area contributed by atoms with Crippen molar-refractivity contribution < 1.29 is 4.79 Å². The molecule has 5 heteroatoms. The van der Waals surface area contributed by atoms with Gasteiger partial charge in [-0.25, -0.2) is 0 Å². The van der Waals surface area contributed by atoms with E-state index < -0.39 is 0 Å². The maximum absolute atomic E-state index is 11.8. The average molecular weight is 286 g/mol. The van der Waals surface area contributed by atoms with Gasteiger partial charge in [0.25, 0.3) is 5.91 Å². The predicted octanol–water partition coefficient (Wildman–Crippen LogP) is 1.32. The molecular formula is C11H16BrN3O. The summed E-state index contributed by atoms with van der Waals surface area (Å²) in [6, 6.07) is 5.25. The minimum Gasteiger partial charge on any atom is -0.398 e. The number of nitrogens with zero attached hydrogens (tertiary/aromatic N) is 1. The molecule has 1 amide bonds. The first kappa shape index (κ1) is 13.0. The van der Waals surface area contributed by atoms with Gasteiger partial charge in [-0.2, -0.15) is 0 Å². The van der Waals surface area contributed by atoms with Crippen LogP contribution in [0.25, 0.3) is 0 Å². The lowest BCUT2D eigenvalue weighted by molar-refractivity contribution is 0.0952. The monoisotopic (exact) mass is 285 g/mol. The van der Waals surface area contributed by atoms with Crippen molar-refractivity contribution in [1.82, 2.24) is 10.2 Å². The predicted molar refractivity (Wildman–Crippen MR) is 69.4 cm³/mol. The SMILES string of the molecule is CN(C)CCNC(=O)c1cc(Br)ccc1N. The van der Waals surface area contributed by atoms with Gasteiger partial charge in [-0.1, -0.05) is 15.9 Å². The van der Waals surface area contributed by atoms with Crippen LogP contribution in [0.3, 0.4) is 0 Å². The number of benzene rings is 1. The molecule has 1 rings (SSSR count). The summed E-state index contributed by atoms with van der Waals surface area (Å²) in [5, 5.41) is 2.82. The number of anilines is 1. The van der Waals surface area contributed by atoms with E-state index in [1.165, 1.54) is 0 Å². The standard InChI is InChI=1S/C11H16BrN3O/c1-15(2)6-5-14-11(16)9-7-8(12)3-4-10(9)13/h3-4,7H,5-6,13H2,1-2H3,(H,14,16). The van der Waals surface area contributed by atoms with Gasteiger partial charge in [0, 0.05) is 23.2 Å². The third-order valence-corrected chi connectivity index (χ3v) is 2.60. The number of nitrogens with two attached hydrogens (primary N) is 1. The number of halogens is 1. The van der Waals surface area contributed by atoms with Crippen LogP contribution >= 0.6 is 15.9 Å². The lowest BCUT2D eigenvalue weighted by Crippen LogP contribution is -2.31. The first-order chi connectivity index (χ1) is 7.50. The van der Waals surface area contributed by atoms with Crippen molar-refractivity contribution >= 4 is 27.5 Å². The highest BCUT2D eigenvalue weighted by molar-refractivity contribution is 9.10. The molecule has 88 valence electrons. The van der Waals surface area contributed by atoms with E-state index in [0.717, 1.165) is 11.0 Å². The molecule has 16 heavy (non-hydrogen) atoms. The molecule has 0 aliphatic heterocycles.